The Hall–Kier alpha value is -2.50. The summed E-state index contributed by atoms with van der Waals surface area (Å²) in [6.45, 7) is -1.72. The number of nitrogen functional groups attached to an aromatic ring is 1. The molecule has 1 heterocycles. The molecule has 2 aromatic rings. The van der Waals surface area contributed by atoms with Gasteiger partial charge in [-0.25, -0.2) is 4.98 Å². The summed E-state index contributed by atoms with van der Waals surface area (Å²) in [7, 11) is 0. The fourth-order valence-corrected chi connectivity index (χ4v) is 2.46. The molecule has 1 saturated carbocycles. The molecule has 6 heteroatoms. The number of rotatable bonds is 1. The number of carbonyl (C=O) groups is 2. The van der Waals surface area contributed by atoms with Crippen LogP contribution in [-0.2, 0) is 9.59 Å². The van der Waals surface area contributed by atoms with Gasteiger partial charge in [0, 0.05) is 16.2 Å². The molecule has 0 amide bonds. The van der Waals surface area contributed by atoms with Gasteiger partial charge in [0.1, 0.15) is 11.6 Å². The van der Waals surface area contributed by atoms with Crippen molar-refractivity contribution in [2.45, 2.75) is 32.2 Å². The average molecular weight is 290 g/mol. The summed E-state index contributed by atoms with van der Waals surface area (Å²) in [6.07, 6.45) is -1.95. The van der Waals surface area contributed by atoms with Crippen molar-refractivity contribution in [3.8, 4) is 0 Å². The maximum Gasteiger partial charge on any atom is 0.264 e. The van der Waals surface area contributed by atoms with Crippen molar-refractivity contribution in [2.24, 2.45) is 0 Å². The molecule has 6 nitrogen and oxygen atoms in total. The number of nitrogens with two attached hydrogens (primary N) is 1. The van der Waals surface area contributed by atoms with E-state index in [4.69, 9.17) is 12.6 Å². The number of aromatic nitrogens is 2. The quantitative estimate of drug-likeness (QED) is 0.628. The third-order valence-corrected chi connectivity index (χ3v) is 3.46. The Morgan fingerprint density at radius 2 is 2.33 bits per heavy atom. The number of nitrogens with zero attached hydrogens (tertiary/aromatic N) is 2. The minimum atomic E-state index is -1.72. The molecular formula is C15H15N3O3. The Kier molecular flexibility index (Phi) is 1.99. The van der Waals surface area contributed by atoms with Crippen molar-refractivity contribution in [3.63, 3.8) is 0 Å². The van der Waals surface area contributed by atoms with E-state index < -0.39 is 42.9 Å². The lowest BCUT2D eigenvalue weighted by Gasteiger charge is -2.24. The summed E-state index contributed by atoms with van der Waals surface area (Å²) in [5.41, 5.74) is 4.66. The van der Waals surface area contributed by atoms with Crippen LogP contribution < -0.4 is 11.3 Å². The predicted octanol–water partition coefficient (Wildman–Crippen LogP) is 1.15. The number of benzene rings is 1. The fourth-order valence-electron chi connectivity index (χ4n) is 2.46. The highest BCUT2D eigenvalue weighted by Crippen LogP contribution is 2.24. The molecule has 2 unspecified atom stereocenters. The van der Waals surface area contributed by atoms with E-state index in [0.29, 0.717) is 0 Å². The van der Waals surface area contributed by atoms with Crippen LogP contribution >= 0.6 is 0 Å². The van der Waals surface area contributed by atoms with Crippen LogP contribution in [0.2, 0.25) is 0 Å². The maximum absolute atomic E-state index is 13.0. The van der Waals surface area contributed by atoms with E-state index in [0.717, 1.165) is 10.6 Å². The lowest BCUT2D eigenvalue weighted by molar-refractivity contribution is -0.132. The van der Waals surface area contributed by atoms with Gasteiger partial charge >= 0.3 is 0 Å². The zero-order valence-electron chi connectivity index (χ0n) is 15.9. The minimum Gasteiger partial charge on any atom is -0.398 e. The van der Waals surface area contributed by atoms with Gasteiger partial charge in [-0.1, -0.05) is 6.04 Å². The van der Waals surface area contributed by atoms with E-state index in [1.807, 2.05) is 0 Å². The second-order valence-electron chi connectivity index (χ2n) is 4.80. The van der Waals surface area contributed by atoms with Crippen molar-refractivity contribution in [3.05, 3.63) is 34.3 Å². The number of hydrogen-bond acceptors (Lipinski definition) is 5. The third-order valence-electron chi connectivity index (χ3n) is 3.46. The largest absolute Gasteiger partial charge is 0.398 e. The molecule has 1 aliphatic carbocycles. The Morgan fingerprint density at radius 1 is 1.52 bits per heavy atom. The number of hydrogen-bond donors (Lipinski definition) is 1. The number of fused-ring (bicyclic) bond motifs is 1. The monoisotopic (exact) mass is 290 g/mol. The van der Waals surface area contributed by atoms with Crippen molar-refractivity contribution in [1.29, 1.82) is 0 Å². The van der Waals surface area contributed by atoms with Gasteiger partial charge in [-0.15, -0.1) is 0 Å². The van der Waals surface area contributed by atoms with Crippen LogP contribution in [0.5, 0.6) is 0 Å². The summed E-state index contributed by atoms with van der Waals surface area (Å²) in [6, 6.07) is -0.683. The molecular weight excluding hydrogens is 270 g/mol. The summed E-state index contributed by atoms with van der Waals surface area (Å²) < 4.78 is 39.4. The van der Waals surface area contributed by atoms with Gasteiger partial charge in [0.05, 0.1) is 26.1 Å². The fraction of sp³-hybridized carbons (Fsp3) is 0.333. The highest BCUT2D eigenvalue weighted by atomic mass is 16.2. The zero-order chi connectivity index (χ0) is 19.3. The van der Waals surface area contributed by atoms with Crippen molar-refractivity contribution in [2.75, 3.05) is 5.73 Å². The van der Waals surface area contributed by atoms with Crippen molar-refractivity contribution < 1.29 is 16.4 Å². The van der Waals surface area contributed by atoms with Gasteiger partial charge in [-0.05, 0) is 25.4 Å². The van der Waals surface area contributed by atoms with Gasteiger partial charge in [0.15, 0.2) is 5.78 Å². The van der Waals surface area contributed by atoms with E-state index in [-0.39, 0.29) is 40.9 Å². The van der Waals surface area contributed by atoms with Gasteiger partial charge < -0.3 is 5.73 Å². The molecule has 108 valence electrons. The number of carbonyl (C=O) groups excluding carboxylic acids is 2. The molecule has 1 aliphatic rings. The normalized spacial score (nSPS) is 26.2. The van der Waals surface area contributed by atoms with Crippen LogP contribution in [0, 0.1) is 6.88 Å². The van der Waals surface area contributed by atoms with Crippen LogP contribution in [-0.4, -0.2) is 21.1 Å². The van der Waals surface area contributed by atoms with Crippen LogP contribution in [0.15, 0.2) is 22.9 Å². The minimum absolute atomic E-state index is 0.0361. The van der Waals surface area contributed by atoms with Gasteiger partial charge in [0.2, 0.25) is 0 Å². The van der Waals surface area contributed by atoms with E-state index in [1.165, 1.54) is 0 Å². The first-order chi connectivity index (χ1) is 12.1. The lowest BCUT2D eigenvalue weighted by atomic mass is 9.92. The van der Waals surface area contributed by atoms with E-state index in [2.05, 4.69) is 4.98 Å². The molecule has 1 aromatic carbocycles. The van der Waals surface area contributed by atoms with Gasteiger partial charge in [-0.3, -0.25) is 19.0 Å². The summed E-state index contributed by atoms with van der Waals surface area (Å²) >= 11 is 0. The standard InChI is InChI=1S/C15H15N3O3/c1-8-17-11-4-2-3-10(16)14(11)15(21)18(8)12-6-5-9(19)7-13(12)20/h2-4,12H,5-7,16H2,1H3/i1D2,2D,3D,5D. The molecule has 3 rings (SSSR count). The smallest absolute Gasteiger partial charge is 0.264 e. The highest BCUT2D eigenvalue weighted by Gasteiger charge is 2.30. The molecule has 0 spiro atoms. The Morgan fingerprint density at radius 3 is 3.10 bits per heavy atom. The molecule has 21 heavy (non-hydrogen) atoms. The SMILES string of the molecule is [2H]c1cc2nc(C([2H])[2H])n(C3CC([2H])C(=O)CC3=O)c(=O)c2c(N)c1[2H]. The van der Waals surface area contributed by atoms with E-state index in [1.54, 1.807) is 0 Å². The van der Waals surface area contributed by atoms with Crippen LogP contribution in [0.1, 0.15) is 38.0 Å². The topological polar surface area (TPSA) is 95.0 Å². The first kappa shape index (κ1) is 8.71. The maximum atomic E-state index is 13.0. The van der Waals surface area contributed by atoms with Crippen LogP contribution in [0.3, 0.4) is 0 Å². The molecule has 0 aliphatic heterocycles. The molecule has 1 fully saturated rings. The molecule has 1 aromatic heterocycles. The Balaban J connectivity index is 2.35. The number of Topliss-reactive ketones (excluding diaryl/α,β-unsaturated/α-hetero) is 2. The second-order valence-corrected chi connectivity index (χ2v) is 4.80. The zero-order valence-corrected chi connectivity index (χ0v) is 10.9. The van der Waals surface area contributed by atoms with Crippen molar-refractivity contribution in [1.82, 2.24) is 9.55 Å². The van der Waals surface area contributed by atoms with Crippen molar-refractivity contribution >= 4 is 28.2 Å². The van der Waals surface area contributed by atoms with E-state index in [9.17, 15) is 14.4 Å². The summed E-state index contributed by atoms with van der Waals surface area (Å²) in [5.74, 6) is -1.47. The summed E-state index contributed by atoms with van der Waals surface area (Å²) in [4.78, 5) is 41.0. The average Bonchev–Trinajstić information content (AvgIpc) is 2.56. The highest BCUT2D eigenvalue weighted by molar-refractivity contribution is 6.03. The number of aryl methyl sites for hydroxylation is 1. The Bertz CT molecular complexity index is 1000. The molecule has 0 bridgehead atoms. The number of ketones is 2. The van der Waals surface area contributed by atoms with Crippen LogP contribution in [0.4, 0.5) is 5.69 Å². The van der Waals surface area contributed by atoms with Gasteiger partial charge in [0.25, 0.3) is 5.56 Å². The molecule has 2 atom stereocenters. The molecule has 0 saturated heterocycles. The first-order valence-electron chi connectivity index (χ1n) is 9.00. The lowest BCUT2D eigenvalue weighted by Crippen LogP contribution is -2.36. The van der Waals surface area contributed by atoms with Gasteiger partial charge in [-0.2, -0.15) is 0 Å². The predicted molar refractivity (Wildman–Crippen MR) is 78.1 cm³/mol. The molecule has 2 N–H and O–H groups in total. The number of anilines is 1. The first-order valence-corrected chi connectivity index (χ1v) is 6.27. The van der Waals surface area contributed by atoms with E-state index >= 15 is 0 Å². The Labute approximate surface area is 127 Å². The second kappa shape index (κ2) is 4.80. The molecule has 0 radical (unpaired) electrons. The summed E-state index contributed by atoms with van der Waals surface area (Å²) in [5, 5.41) is -0.179. The van der Waals surface area contributed by atoms with Crippen LogP contribution in [0.25, 0.3) is 10.9 Å². The third kappa shape index (κ3) is 2.12.